The van der Waals surface area contributed by atoms with Gasteiger partial charge in [-0.2, -0.15) is 0 Å². The SMILES string of the molecule is COCC(CNC1CCNCc2ccccc21)OC. The van der Waals surface area contributed by atoms with E-state index in [0.717, 1.165) is 26.1 Å². The first-order chi connectivity index (χ1) is 9.35. The summed E-state index contributed by atoms with van der Waals surface area (Å²) in [6.07, 6.45) is 1.20. The maximum atomic E-state index is 5.40. The summed E-state index contributed by atoms with van der Waals surface area (Å²) in [6, 6.07) is 9.03. The highest BCUT2D eigenvalue weighted by atomic mass is 16.5. The maximum Gasteiger partial charge on any atom is 0.0928 e. The van der Waals surface area contributed by atoms with Gasteiger partial charge in [0, 0.05) is 33.4 Å². The normalized spacial score (nSPS) is 20.6. The molecule has 106 valence electrons. The fourth-order valence-corrected chi connectivity index (χ4v) is 2.54. The smallest absolute Gasteiger partial charge is 0.0928 e. The molecule has 0 radical (unpaired) electrons. The van der Waals surface area contributed by atoms with E-state index >= 15 is 0 Å². The van der Waals surface area contributed by atoms with E-state index in [2.05, 4.69) is 34.9 Å². The van der Waals surface area contributed by atoms with Crippen LogP contribution in [0.3, 0.4) is 0 Å². The van der Waals surface area contributed by atoms with Crippen molar-refractivity contribution in [3.63, 3.8) is 0 Å². The van der Waals surface area contributed by atoms with Crippen molar-refractivity contribution >= 4 is 0 Å². The Balaban J connectivity index is 1.99. The summed E-state index contributed by atoms with van der Waals surface area (Å²) in [7, 11) is 3.44. The van der Waals surface area contributed by atoms with Crippen molar-refractivity contribution in [3.8, 4) is 0 Å². The van der Waals surface area contributed by atoms with Crippen molar-refractivity contribution in [2.75, 3.05) is 33.9 Å². The number of nitrogens with one attached hydrogen (secondary N) is 2. The molecule has 19 heavy (non-hydrogen) atoms. The van der Waals surface area contributed by atoms with E-state index in [9.17, 15) is 0 Å². The molecule has 0 amide bonds. The topological polar surface area (TPSA) is 42.5 Å². The van der Waals surface area contributed by atoms with Crippen molar-refractivity contribution in [2.24, 2.45) is 0 Å². The van der Waals surface area contributed by atoms with Crippen LogP contribution in [0.5, 0.6) is 0 Å². The highest BCUT2D eigenvalue weighted by molar-refractivity contribution is 5.31. The van der Waals surface area contributed by atoms with Crippen molar-refractivity contribution in [3.05, 3.63) is 35.4 Å². The molecule has 0 fully saturated rings. The summed E-state index contributed by atoms with van der Waals surface area (Å²) in [6.45, 7) is 3.42. The molecule has 2 N–H and O–H groups in total. The first-order valence-corrected chi connectivity index (χ1v) is 6.88. The van der Waals surface area contributed by atoms with Gasteiger partial charge in [-0.15, -0.1) is 0 Å². The number of hydrogen-bond donors (Lipinski definition) is 2. The van der Waals surface area contributed by atoms with Gasteiger partial charge in [-0.25, -0.2) is 0 Å². The maximum absolute atomic E-state index is 5.40. The third kappa shape index (κ3) is 4.01. The molecule has 1 aromatic carbocycles. The molecule has 0 aliphatic carbocycles. The Kier molecular flexibility index (Phi) is 5.79. The Labute approximate surface area is 115 Å². The van der Waals surface area contributed by atoms with E-state index in [-0.39, 0.29) is 6.10 Å². The summed E-state index contributed by atoms with van der Waals surface area (Å²) in [4.78, 5) is 0. The van der Waals surface area contributed by atoms with Gasteiger partial charge < -0.3 is 20.1 Å². The van der Waals surface area contributed by atoms with Gasteiger partial charge in [0.25, 0.3) is 0 Å². The largest absolute Gasteiger partial charge is 0.382 e. The van der Waals surface area contributed by atoms with Gasteiger partial charge in [-0.3, -0.25) is 0 Å². The zero-order valence-electron chi connectivity index (χ0n) is 11.8. The quantitative estimate of drug-likeness (QED) is 0.816. The number of benzene rings is 1. The van der Waals surface area contributed by atoms with E-state index in [1.54, 1.807) is 14.2 Å². The molecule has 0 spiro atoms. The molecule has 1 aromatic rings. The van der Waals surface area contributed by atoms with Crippen LogP contribution in [0.2, 0.25) is 0 Å². The predicted molar refractivity (Wildman–Crippen MR) is 76.2 cm³/mol. The molecule has 4 nitrogen and oxygen atoms in total. The fourth-order valence-electron chi connectivity index (χ4n) is 2.54. The van der Waals surface area contributed by atoms with E-state index in [1.165, 1.54) is 11.1 Å². The zero-order chi connectivity index (χ0) is 13.5. The van der Waals surface area contributed by atoms with Crippen LogP contribution in [0.1, 0.15) is 23.6 Å². The van der Waals surface area contributed by atoms with Crippen molar-refractivity contribution in [2.45, 2.75) is 25.1 Å². The summed E-state index contributed by atoms with van der Waals surface area (Å²) in [5.41, 5.74) is 2.79. The van der Waals surface area contributed by atoms with E-state index in [1.807, 2.05) is 0 Å². The number of rotatable bonds is 6. The molecule has 1 aliphatic heterocycles. The standard InChI is InChI=1S/C15H24N2O2/c1-18-11-13(19-2)10-17-15-7-8-16-9-12-5-3-4-6-14(12)15/h3-6,13,15-17H,7-11H2,1-2H3. The molecular weight excluding hydrogens is 240 g/mol. The van der Waals surface area contributed by atoms with Crippen LogP contribution >= 0.6 is 0 Å². The highest BCUT2D eigenvalue weighted by Crippen LogP contribution is 2.23. The number of ether oxygens (including phenoxy) is 2. The Morgan fingerprint density at radius 2 is 2.21 bits per heavy atom. The van der Waals surface area contributed by atoms with Crippen LogP contribution in [-0.2, 0) is 16.0 Å². The Hall–Kier alpha value is -0.940. The monoisotopic (exact) mass is 264 g/mol. The van der Waals surface area contributed by atoms with E-state index < -0.39 is 0 Å². The first kappa shape index (κ1) is 14.5. The first-order valence-electron chi connectivity index (χ1n) is 6.88. The zero-order valence-corrected chi connectivity index (χ0v) is 11.8. The Bertz CT molecular complexity index is 384. The lowest BCUT2D eigenvalue weighted by molar-refractivity contribution is 0.0272. The molecule has 0 saturated carbocycles. The predicted octanol–water partition coefficient (Wildman–Crippen LogP) is 1.47. The molecule has 1 heterocycles. The average Bonchev–Trinajstić information content (AvgIpc) is 2.66. The second-order valence-electron chi connectivity index (χ2n) is 4.94. The second kappa shape index (κ2) is 7.60. The molecule has 4 heteroatoms. The van der Waals surface area contributed by atoms with Crippen molar-refractivity contribution < 1.29 is 9.47 Å². The van der Waals surface area contributed by atoms with Gasteiger partial charge in [0.05, 0.1) is 12.7 Å². The molecule has 0 bridgehead atoms. The minimum absolute atomic E-state index is 0.105. The molecular formula is C15H24N2O2. The van der Waals surface area contributed by atoms with Gasteiger partial charge in [0.1, 0.15) is 0 Å². The van der Waals surface area contributed by atoms with Gasteiger partial charge >= 0.3 is 0 Å². The number of hydrogen-bond acceptors (Lipinski definition) is 4. The summed E-state index contributed by atoms with van der Waals surface area (Å²) in [5, 5.41) is 7.07. The number of methoxy groups -OCH3 is 2. The van der Waals surface area contributed by atoms with Crippen LogP contribution in [-0.4, -0.2) is 40.0 Å². The van der Waals surface area contributed by atoms with Crippen molar-refractivity contribution in [1.82, 2.24) is 10.6 Å². The van der Waals surface area contributed by atoms with Crippen LogP contribution in [0.15, 0.2) is 24.3 Å². The van der Waals surface area contributed by atoms with Crippen LogP contribution < -0.4 is 10.6 Å². The fraction of sp³-hybridized carbons (Fsp3) is 0.600. The van der Waals surface area contributed by atoms with Crippen LogP contribution in [0.25, 0.3) is 0 Å². The summed E-state index contributed by atoms with van der Waals surface area (Å²) < 4.78 is 10.5. The van der Waals surface area contributed by atoms with Gasteiger partial charge in [-0.05, 0) is 24.1 Å². The van der Waals surface area contributed by atoms with Gasteiger partial charge in [-0.1, -0.05) is 24.3 Å². The minimum Gasteiger partial charge on any atom is -0.382 e. The lowest BCUT2D eigenvalue weighted by Crippen LogP contribution is -2.34. The number of fused-ring (bicyclic) bond motifs is 1. The summed E-state index contributed by atoms with van der Waals surface area (Å²) in [5.74, 6) is 0. The van der Waals surface area contributed by atoms with Gasteiger partial charge in [0.2, 0.25) is 0 Å². The molecule has 1 aliphatic rings. The molecule has 2 atom stereocenters. The minimum atomic E-state index is 0.105. The molecule has 2 rings (SSSR count). The highest BCUT2D eigenvalue weighted by Gasteiger charge is 2.18. The molecule has 2 unspecified atom stereocenters. The second-order valence-corrected chi connectivity index (χ2v) is 4.94. The average molecular weight is 264 g/mol. The third-order valence-electron chi connectivity index (χ3n) is 3.63. The summed E-state index contributed by atoms with van der Waals surface area (Å²) >= 11 is 0. The van der Waals surface area contributed by atoms with E-state index in [4.69, 9.17) is 9.47 Å². The van der Waals surface area contributed by atoms with Crippen LogP contribution in [0.4, 0.5) is 0 Å². The van der Waals surface area contributed by atoms with Gasteiger partial charge in [0.15, 0.2) is 0 Å². The van der Waals surface area contributed by atoms with E-state index in [0.29, 0.717) is 12.6 Å². The lowest BCUT2D eigenvalue weighted by atomic mass is 9.99. The van der Waals surface area contributed by atoms with Crippen LogP contribution in [0, 0.1) is 0 Å². The Morgan fingerprint density at radius 3 is 3.00 bits per heavy atom. The van der Waals surface area contributed by atoms with Crippen molar-refractivity contribution in [1.29, 1.82) is 0 Å². The molecule has 0 aromatic heterocycles. The Morgan fingerprint density at radius 1 is 1.37 bits per heavy atom. The lowest BCUT2D eigenvalue weighted by Gasteiger charge is -2.22. The third-order valence-corrected chi connectivity index (χ3v) is 3.63. The molecule has 0 saturated heterocycles.